The minimum Gasteiger partial charge on any atom is -0.377 e. The maximum atomic E-state index is 13.3. The maximum absolute atomic E-state index is 13.3. The lowest BCUT2D eigenvalue weighted by molar-refractivity contribution is -0.130. The third-order valence-corrected chi connectivity index (χ3v) is 6.81. The van der Waals surface area contributed by atoms with E-state index in [-0.39, 0.29) is 35.7 Å². The van der Waals surface area contributed by atoms with Crippen LogP contribution in [0.3, 0.4) is 0 Å². The molecule has 3 fully saturated rings. The largest absolute Gasteiger partial charge is 0.377 e. The molecule has 0 spiro atoms. The van der Waals surface area contributed by atoms with Crippen LogP contribution in [0.4, 0.5) is 10.1 Å². The molecule has 2 amide bonds. The van der Waals surface area contributed by atoms with E-state index in [1.165, 1.54) is 12.1 Å². The summed E-state index contributed by atoms with van der Waals surface area (Å²) in [5, 5.41) is 4.58. The van der Waals surface area contributed by atoms with Crippen LogP contribution in [0.25, 0.3) is 0 Å². The zero-order chi connectivity index (χ0) is 22.8. The van der Waals surface area contributed by atoms with Gasteiger partial charge in [0.1, 0.15) is 5.82 Å². The van der Waals surface area contributed by atoms with Gasteiger partial charge in [-0.05, 0) is 42.7 Å². The van der Waals surface area contributed by atoms with Gasteiger partial charge < -0.3 is 10.1 Å². The van der Waals surface area contributed by atoms with Gasteiger partial charge in [-0.1, -0.05) is 30.3 Å². The topological polar surface area (TPSA) is 73.9 Å². The van der Waals surface area contributed by atoms with Gasteiger partial charge in [-0.2, -0.15) is 0 Å². The fourth-order valence-corrected chi connectivity index (χ4v) is 5.10. The van der Waals surface area contributed by atoms with E-state index in [4.69, 9.17) is 4.74 Å². The highest BCUT2D eigenvalue weighted by molar-refractivity contribution is 5.98. The Morgan fingerprint density at radius 3 is 2.64 bits per heavy atom. The van der Waals surface area contributed by atoms with Crippen molar-refractivity contribution < 1.29 is 18.7 Å². The van der Waals surface area contributed by atoms with E-state index < -0.39 is 5.92 Å². The molecule has 2 N–H and O–H groups in total. The van der Waals surface area contributed by atoms with Crippen LogP contribution in [0.5, 0.6) is 0 Å². The molecule has 3 saturated heterocycles. The third kappa shape index (κ3) is 4.78. The number of piperidine rings is 1. The fraction of sp³-hybridized carbons (Fsp3) is 0.440. The average Bonchev–Trinajstić information content (AvgIpc) is 3.47. The van der Waals surface area contributed by atoms with Gasteiger partial charge in [-0.25, -0.2) is 14.8 Å². The fourth-order valence-electron chi connectivity index (χ4n) is 5.10. The number of nitrogens with one attached hydrogen (secondary N) is 2. The third-order valence-electron chi connectivity index (χ3n) is 6.81. The Bertz CT molecular complexity index is 981. The second-order valence-electron chi connectivity index (χ2n) is 9.07. The van der Waals surface area contributed by atoms with Crippen LogP contribution in [-0.4, -0.2) is 55.1 Å². The summed E-state index contributed by atoms with van der Waals surface area (Å²) in [4.78, 5) is 28.8. The minimum atomic E-state index is -0.400. The molecule has 0 aliphatic carbocycles. The van der Waals surface area contributed by atoms with Gasteiger partial charge >= 0.3 is 0 Å². The van der Waals surface area contributed by atoms with Crippen molar-refractivity contribution in [1.82, 2.24) is 15.6 Å². The van der Waals surface area contributed by atoms with E-state index in [2.05, 4.69) is 15.6 Å². The predicted octanol–water partition coefficient (Wildman–Crippen LogP) is 2.09. The number of hydrogen-bond acceptors (Lipinski definition) is 5. The number of hydrogen-bond donors (Lipinski definition) is 2. The molecule has 4 unspecified atom stereocenters. The van der Waals surface area contributed by atoms with Crippen molar-refractivity contribution in [3.05, 3.63) is 66.0 Å². The summed E-state index contributed by atoms with van der Waals surface area (Å²) in [5.41, 5.74) is 4.93. The van der Waals surface area contributed by atoms with Crippen LogP contribution in [0, 0.1) is 17.7 Å². The average molecular weight is 453 g/mol. The molecule has 8 heteroatoms. The number of para-hydroxylation sites is 1. The van der Waals surface area contributed by atoms with Crippen LogP contribution in [0.1, 0.15) is 18.4 Å². The van der Waals surface area contributed by atoms with Crippen LogP contribution in [0.15, 0.2) is 54.6 Å². The number of fused-ring (bicyclic) bond motifs is 1. The smallest absolute Gasteiger partial charge is 0.247 e. The predicted molar refractivity (Wildman–Crippen MR) is 121 cm³/mol. The molecule has 3 aliphatic heterocycles. The Kier molecular flexibility index (Phi) is 6.39. The Hall–Kier alpha value is -2.81. The van der Waals surface area contributed by atoms with Crippen LogP contribution < -0.4 is 15.8 Å². The van der Waals surface area contributed by atoms with Crippen molar-refractivity contribution in [3.63, 3.8) is 0 Å². The number of ether oxygens (including phenoxy) is 1. The number of hydrazine groups is 1. The van der Waals surface area contributed by atoms with E-state index in [9.17, 15) is 14.0 Å². The van der Waals surface area contributed by atoms with Gasteiger partial charge in [0.05, 0.1) is 29.7 Å². The van der Waals surface area contributed by atoms with E-state index in [1.54, 1.807) is 17.1 Å². The monoisotopic (exact) mass is 452 g/mol. The van der Waals surface area contributed by atoms with Crippen LogP contribution >= 0.6 is 0 Å². The van der Waals surface area contributed by atoms with Crippen molar-refractivity contribution in [1.29, 1.82) is 0 Å². The Labute approximate surface area is 192 Å². The number of likely N-dealkylation sites (tertiary alicyclic amines) is 1. The standard InChI is InChI=1S/C25H29FN4O3/c26-18-10-8-17(9-11-18)13-27-24(31)21-15-29(14-20-7-4-12-33-20)16-22-23(21)28-30(25(22)32)19-5-2-1-3-6-19/h1-3,5-6,8-11,20-23,28H,4,7,12-16H2,(H,27,31). The summed E-state index contributed by atoms with van der Waals surface area (Å²) in [7, 11) is 0. The lowest BCUT2D eigenvalue weighted by Crippen LogP contribution is -2.57. The first-order valence-electron chi connectivity index (χ1n) is 11.6. The number of benzene rings is 2. The van der Waals surface area contributed by atoms with Gasteiger partial charge in [-0.3, -0.25) is 14.5 Å². The van der Waals surface area contributed by atoms with Gasteiger partial charge in [0.25, 0.3) is 0 Å². The first-order valence-corrected chi connectivity index (χ1v) is 11.6. The molecule has 5 rings (SSSR count). The second-order valence-corrected chi connectivity index (χ2v) is 9.07. The molecule has 0 aromatic heterocycles. The molecule has 3 aliphatic rings. The molecule has 2 aromatic carbocycles. The van der Waals surface area contributed by atoms with Crippen molar-refractivity contribution in [2.45, 2.75) is 31.5 Å². The summed E-state index contributed by atoms with van der Waals surface area (Å²) in [6.07, 6.45) is 2.21. The van der Waals surface area contributed by atoms with E-state index in [0.29, 0.717) is 19.6 Å². The van der Waals surface area contributed by atoms with Crippen molar-refractivity contribution in [2.24, 2.45) is 11.8 Å². The molecule has 0 saturated carbocycles. The number of rotatable bonds is 6. The summed E-state index contributed by atoms with van der Waals surface area (Å²) in [5.74, 6) is -1.15. The summed E-state index contributed by atoms with van der Waals surface area (Å²) >= 11 is 0. The van der Waals surface area contributed by atoms with Gasteiger partial charge in [0.2, 0.25) is 11.8 Å². The van der Waals surface area contributed by atoms with Crippen molar-refractivity contribution in [2.75, 3.05) is 31.3 Å². The molecule has 7 nitrogen and oxygen atoms in total. The van der Waals surface area contributed by atoms with Crippen molar-refractivity contribution >= 4 is 17.5 Å². The van der Waals surface area contributed by atoms with Crippen LogP contribution in [0.2, 0.25) is 0 Å². The van der Waals surface area contributed by atoms with Crippen LogP contribution in [-0.2, 0) is 20.9 Å². The van der Waals surface area contributed by atoms with E-state index in [0.717, 1.165) is 37.2 Å². The van der Waals surface area contributed by atoms with E-state index >= 15 is 0 Å². The first kappa shape index (κ1) is 22.0. The molecule has 3 heterocycles. The number of carbonyl (C=O) groups is 2. The van der Waals surface area contributed by atoms with Crippen molar-refractivity contribution in [3.8, 4) is 0 Å². The first-order chi connectivity index (χ1) is 16.1. The number of nitrogens with zero attached hydrogens (tertiary/aromatic N) is 2. The zero-order valence-corrected chi connectivity index (χ0v) is 18.5. The van der Waals surface area contributed by atoms with Gasteiger partial charge in [0.15, 0.2) is 0 Å². The molecule has 33 heavy (non-hydrogen) atoms. The Morgan fingerprint density at radius 2 is 1.91 bits per heavy atom. The Balaban J connectivity index is 1.33. The van der Waals surface area contributed by atoms with Gasteiger partial charge in [-0.15, -0.1) is 0 Å². The Morgan fingerprint density at radius 1 is 1.12 bits per heavy atom. The lowest BCUT2D eigenvalue weighted by Gasteiger charge is -2.39. The molecular formula is C25H29FN4O3. The molecule has 4 atom stereocenters. The number of carbonyl (C=O) groups excluding carboxylic acids is 2. The highest BCUT2D eigenvalue weighted by Crippen LogP contribution is 2.32. The van der Waals surface area contributed by atoms with Gasteiger partial charge in [0, 0.05) is 32.8 Å². The SMILES string of the molecule is O=C(NCc1ccc(F)cc1)C1CN(CC2CCCO2)CC2C(=O)N(c3ccccc3)NC12. The lowest BCUT2D eigenvalue weighted by atomic mass is 9.83. The summed E-state index contributed by atoms with van der Waals surface area (Å²) in [6, 6.07) is 15.3. The molecular weight excluding hydrogens is 423 g/mol. The molecule has 0 bridgehead atoms. The maximum Gasteiger partial charge on any atom is 0.247 e. The zero-order valence-electron chi connectivity index (χ0n) is 18.5. The number of anilines is 1. The second kappa shape index (κ2) is 9.59. The molecule has 2 aromatic rings. The highest BCUT2D eigenvalue weighted by atomic mass is 19.1. The number of halogens is 1. The number of amides is 2. The quantitative estimate of drug-likeness (QED) is 0.702. The minimum absolute atomic E-state index is 0.0143. The summed E-state index contributed by atoms with van der Waals surface area (Å²) in [6.45, 7) is 2.97. The summed E-state index contributed by atoms with van der Waals surface area (Å²) < 4.78 is 19.0. The normalized spacial score (nSPS) is 27.5. The highest BCUT2D eigenvalue weighted by Gasteiger charge is 2.51. The van der Waals surface area contributed by atoms with E-state index in [1.807, 2.05) is 30.3 Å². The molecule has 174 valence electrons. The molecule has 0 radical (unpaired) electrons.